The summed E-state index contributed by atoms with van der Waals surface area (Å²) < 4.78 is 6.30. The van der Waals surface area contributed by atoms with Gasteiger partial charge < -0.3 is 10.5 Å². The highest BCUT2D eigenvalue weighted by atomic mass is 79.9. The first-order valence-corrected chi connectivity index (χ1v) is 6.99. The number of hydrogen-bond acceptors (Lipinski definition) is 5. The van der Waals surface area contributed by atoms with Crippen molar-refractivity contribution >= 4 is 21.6 Å². The molecule has 0 aliphatic carbocycles. The summed E-state index contributed by atoms with van der Waals surface area (Å²) in [6, 6.07) is 5.01. The zero-order valence-corrected chi connectivity index (χ0v) is 13.2. The van der Waals surface area contributed by atoms with Gasteiger partial charge in [-0.25, -0.2) is 4.98 Å². The standard InChI is InChI=1S/C14H14BrN3O3/c1-8-4-11(15)5-12(18(19)20)13(8)21-14-9(2)3-10(6-16)7-17-14/h3-5,7H,6,16H2,1-2H3. The number of nitrogens with zero attached hydrogens (tertiary/aromatic N) is 2. The zero-order chi connectivity index (χ0) is 15.6. The van der Waals surface area contributed by atoms with Crippen LogP contribution >= 0.6 is 15.9 Å². The SMILES string of the molecule is Cc1cc(CN)cnc1Oc1c(C)cc(Br)cc1[N+](=O)[O-]. The van der Waals surface area contributed by atoms with Crippen LogP contribution in [0.4, 0.5) is 5.69 Å². The van der Waals surface area contributed by atoms with E-state index in [0.717, 1.165) is 11.1 Å². The smallest absolute Gasteiger partial charge is 0.313 e. The number of pyridine rings is 1. The van der Waals surface area contributed by atoms with Crippen molar-refractivity contribution in [3.8, 4) is 11.6 Å². The van der Waals surface area contributed by atoms with Gasteiger partial charge in [-0.15, -0.1) is 0 Å². The lowest BCUT2D eigenvalue weighted by molar-refractivity contribution is -0.385. The first-order chi connectivity index (χ1) is 9.92. The molecule has 1 aromatic carbocycles. The van der Waals surface area contributed by atoms with Crippen LogP contribution < -0.4 is 10.5 Å². The van der Waals surface area contributed by atoms with E-state index in [1.807, 2.05) is 13.0 Å². The number of nitrogens with two attached hydrogens (primary N) is 1. The Labute approximate surface area is 130 Å². The Morgan fingerprint density at radius 2 is 2.05 bits per heavy atom. The molecule has 7 heteroatoms. The molecule has 0 radical (unpaired) electrons. The highest BCUT2D eigenvalue weighted by Crippen LogP contribution is 2.37. The molecule has 2 N–H and O–H groups in total. The fourth-order valence-corrected chi connectivity index (χ4v) is 2.48. The molecule has 2 rings (SSSR count). The second kappa shape index (κ2) is 6.19. The topological polar surface area (TPSA) is 91.3 Å². The molecule has 0 saturated carbocycles. The van der Waals surface area contributed by atoms with Crippen molar-refractivity contribution in [2.24, 2.45) is 5.73 Å². The van der Waals surface area contributed by atoms with Gasteiger partial charge in [0, 0.05) is 34.4 Å². The van der Waals surface area contributed by atoms with Crippen molar-refractivity contribution in [1.82, 2.24) is 4.98 Å². The number of aromatic nitrogens is 1. The van der Waals surface area contributed by atoms with Crippen LogP contribution in [0.3, 0.4) is 0 Å². The van der Waals surface area contributed by atoms with Gasteiger partial charge in [0.15, 0.2) is 0 Å². The molecule has 6 nitrogen and oxygen atoms in total. The van der Waals surface area contributed by atoms with E-state index >= 15 is 0 Å². The molecule has 0 atom stereocenters. The van der Waals surface area contributed by atoms with Crippen LogP contribution in [0.1, 0.15) is 16.7 Å². The number of ether oxygens (including phenoxy) is 1. The number of rotatable bonds is 4. The van der Waals surface area contributed by atoms with Gasteiger partial charge >= 0.3 is 5.69 Å². The van der Waals surface area contributed by atoms with Crippen LogP contribution in [0.15, 0.2) is 28.9 Å². The van der Waals surface area contributed by atoms with Crippen molar-refractivity contribution in [2.75, 3.05) is 0 Å². The first-order valence-electron chi connectivity index (χ1n) is 6.20. The second-order valence-corrected chi connectivity index (χ2v) is 5.52. The monoisotopic (exact) mass is 351 g/mol. The van der Waals surface area contributed by atoms with Crippen LogP contribution in [0.2, 0.25) is 0 Å². The molecule has 0 aliphatic heterocycles. The Morgan fingerprint density at radius 1 is 1.33 bits per heavy atom. The lowest BCUT2D eigenvalue weighted by Crippen LogP contribution is -2.01. The number of halogens is 1. The summed E-state index contributed by atoms with van der Waals surface area (Å²) in [5, 5.41) is 11.2. The molecule has 0 bridgehead atoms. The van der Waals surface area contributed by atoms with Crippen LogP contribution in [0.5, 0.6) is 11.6 Å². The van der Waals surface area contributed by atoms with E-state index < -0.39 is 4.92 Å². The highest BCUT2D eigenvalue weighted by Gasteiger charge is 2.20. The number of nitro benzene ring substituents is 1. The van der Waals surface area contributed by atoms with E-state index in [1.54, 1.807) is 19.2 Å². The number of hydrogen-bond donors (Lipinski definition) is 1. The molecule has 110 valence electrons. The average molecular weight is 352 g/mol. The second-order valence-electron chi connectivity index (χ2n) is 4.60. The van der Waals surface area contributed by atoms with E-state index in [2.05, 4.69) is 20.9 Å². The summed E-state index contributed by atoms with van der Waals surface area (Å²) in [5.41, 5.74) is 7.75. The predicted molar refractivity (Wildman–Crippen MR) is 82.5 cm³/mol. The molecule has 0 unspecified atom stereocenters. The third-order valence-corrected chi connectivity index (χ3v) is 3.40. The minimum atomic E-state index is -0.476. The number of aryl methyl sites for hydroxylation is 2. The van der Waals surface area contributed by atoms with Crippen molar-refractivity contribution < 1.29 is 9.66 Å². The lowest BCUT2D eigenvalue weighted by Gasteiger charge is -2.11. The van der Waals surface area contributed by atoms with Crippen LogP contribution in [0.25, 0.3) is 0 Å². The Morgan fingerprint density at radius 3 is 2.62 bits per heavy atom. The Bertz CT molecular complexity index is 704. The summed E-state index contributed by atoms with van der Waals surface area (Å²) in [4.78, 5) is 14.9. The summed E-state index contributed by atoms with van der Waals surface area (Å²) >= 11 is 3.24. The third-order valence-electron chi connectivity index (χ3n) is 2.94. The van der Waals surface area contributed by atoms with Crippen molar-refractivity contribution in [2.45, 2.75) is 20.4 Å². The molecule has 0 spiro atoms. The number of nitro groups is 1. The molecular formula is C14H14BrN3O3. The first kappa shape index (κ1) is 15.4. The summed E-state index contributed by atoms with van der Waals surface area (Å²) in [7, 11) is 0. The fraction of sp³-hybridized carbons (Fsp3) is 0.214. The maximum absolute atomic E-state index is 11.2. The van der Waals surface area contributed by atoms with Gasteiger partial charge in [0.25, 0.3) is 0 Å². The van der Waals surface area contributed by atoms with Gasteiger partial charge in [0.1, 0.15) is 0 Å². The van der Waals surface area contributed by atoms with E-state index in [-0.39, 0.29) is 11.4 Å². The minimum absolute atomic E-state index is 0.106. The third kappa shape index (κ3) is 3.37. The Balaban J connectivity index is 2.46. The minimum Gasteiger partial charge on any atom is -0.431 e. The Hall–Kier alpha value is -1.99. The molecule has 0 aliphatic rings. The van der Waals surface area contributed by atoms with Gasteiger partial charge in [0.05, 0.1) is 4.92 Å². The van der Waals surface area contributed by atoms with Crippen molar-refractivity contribution in [1.29, 1.82) is 0 Å². The predicted octanol–water partition coefficient (Wildman–Crippen LogP) is 3.62. The Kier molecular flexibility index (Phi) is 4.54. The zero-order valence-electron chi connectivity index (χ0n) is 11.6. The molecular weight excluding hydrogens is 338 g/mol. The average Bonchev–Trinajstić information content (AvgIpc) is 2.42. The van der Waals surface area contributed by atoms with Gasteiger partial charge in [-0.1, -0.05) is 15.9 Å². The van der Waals surface area contributed by atoms with Crippen LogP contribution in [-0.4, -0.2) is 9.91 Å². The normalized spacial score (nSPS) is 10.5. The van der Waals surface area contributed by atoms with Crippen LogP contribution in [0, 0.1) is 24.0 Å². The molecule has 2 aromatic rings. The summed E-state index contributed by atoms with van der Waals surface area (Å²) in [5.74, 6) is 0.528. The molecule has 1 heterocycles. The molecule has 21 heavy (non-hydrogen) atoms. The molecule has 0 fully saturated rings. The van der Waals surface area contributed by atoms with E-state index in [0.29, 0.717) is 22.5 Å². The lowest BCUT2D eigenvalue weighted by atomic mass is 10.2. The summed E-state index contributed by atoms with van der Waals surface area (Å²) in [6.07, 6.45) is 1.60. The maximum atomic E-state index is 11.2. The molecule has 0 saturated heterocycles. The van der Waals surface area contributed by atoms with E-state index in [4.69, 9.17) is 10.5 Å². The highest BCUT2D eigenvalue weighted by molar-refractivity contribution is 9.10. The van der Waals surface area contributed by atoms with E-state index in [1.165, 1.54) is 6.07 Å². The van der Waals surface area contributed by atoms with Gasteiger partial charge in [0.2, 0.25) is 11.6 Å². The van der Waals surface area contributed by atoms with Gasteiger partial charge in [-0.3, -0.25) is 10.1 Å². The van der Waals surface area contributed by atoms with Gasteiger partial charge in [-0.05, 0) is 31.5 Å². The molecule has 1 aromatic heterocycles. The fourth-order valence-electron chi connectivity index (χ4n) is 1.92. The van der Waals surface area contributed by atoms with Crippen LogP contribution in [-0.2, 0) is 6.54 Å². The molecule has 0 amide bonds. The van der Waals surface area contributed by atoms with E-state index in [9.17, 15) is 10.1 Å². The number of benzene rings is 1. The largest absolute Gasteiger partial charge is 0.431 e. The van der Waals surface area contributed by atoms with Crippen molar-refractivity contribution in [3.05, 3.63) is 55.7 Å². The van der Waals surface area contributed by atoms with Crippen molar-refractivity contribution in [3.63, 3.8) is 0 Å². The van der Waals surface area contributed by atoms with Gasteiger partial charge in [-0.2, -0.15) is 0 Å². The maximum Gasteiger partial charge on any atom is 0.313 e. The quantitative estimate of drug-likeness (QED) is 0.670. The summed E-state index contributed by atoms with van der Waals surface area (Å²) in [6.45, 7) is 3.95.